The molecule has 27 heavy (non-hydrogen) atoms. The van der Waals surface area contributed by atoms with Crippen LogP contribution in [0.2, 0.25) is 0 Å². The van der Waals surface area contributed by atoms with Crippen LogP contribution in [0.15, 0.2) is 53.5 Å². The van der Waals surface area contributed by atoms with E-state index in [-0.39, 0.29) is 5.82 Å². The van der Waals surface area contributed by atoms with Crippen LogP contribution in [-0.4, -0.2) is 35.7 Å². The zero-order valence-corrected chi connectivity index (χ0v) is 14.7. The van der Waals surface area contributed by atoms with Crippen LogP contribution in [0.5, 0.6) is 0 Å². The first-order valence-corrected chi connectivity index (χ1v) is 8.37. The molecule has 0 saturated carbocycles. The molecular weight excluding hydrogens is 346 g/mol. The van der Waals surface area contributed by atoms with Crippen molar-refractivity contribution in [2.24, 2.45) is 7.05 Å². The van der Waals surface area contributed by atoms with E-state index in [1.807, 2.05) is 42.5 Å². The molecule has 1 atom stereocenters. The first-order chi connectivity index (χ1) is 13.0. The smallest absolute Gasteiger partial charge is 0.341 e. The minimum absolute atomic E-state index is 0.0451. The molecule has 136 valence electrons. The van der Waals surface area contributed by atoms with Crippen LogP contribution in [0.25, 0.3) is 16.5 Å². The van der Waals surface area contributed by atoms with Crippen LogP contribution in [0, 0.1) is 0 Å². The predicted octanol–water partition coefficient (Wildman–Crippen LogP) is 1.33. The van der Waals surface area contributed by atoms with Crippen LogP contribution in [0.4, 0.5) is 0 Å². The molecule has 0 radical (unpaired) electrons. The van der Waals surface area contributed by atoms with Gasteiger partial charge in [0.2, 0.25) is 5.82 Å². The lowest BCUT2D eigenvalue weighted by Crippen LogP contribution is -2.28. The van der Waals surface area contributed by atoms with E-state index in [4.69, 9.17) is 0 Å². The highest BCUT2D eigenvalue weighted by atomic mass is 16.2. The van der Waals surface area contributed by atoms with Crippen LogP contribution >= 0.6 is 0 Å². The van der Waals surface area contributed by atoms with Crippen molar-refractivity contribution in [3.63, 3.8) is 0 Å². The van der Waals surface area contributed by atoms with Gasteiger partial charge in [0.25, 0.3) is 5.91 Å². The number of aromatic nitrogens is 6. The maximum Gasteiger partial charge on any atom is 0.343 e. The van der Waals surface area contributed by atoms with Crippen molar-refractivity contribution in [2.75, 3.05) is 0 Å². The minimum Gasteiger partial charge on any atom is -0.341 e. The molecule has 0 aliphatic rings. The average molecular weight is 363 g/mol. The van der Waals surface area contributed by atoms with E-state index in [1.165, 1.54) is 7.05 Å². The number of nitrogens with one attached hydrogen (secondary N) is 2. The van der Waals surface area contributed by atoms with E-state index < -0.39 is 17.6 Å². The zero-order chi connectivity index (χ0) is 19.0. The third kappa shape index (κ3) is 3.22. The number of aryl methyl sites for hydroxylation is 1. The lowest BCUT2D eigenvalue weighted by atomic mass is 10.1. The van der Waals surface area contributed by atoms with Gasteiger partial charge in [0.1, 0.15) is 5.69 Å². The molecular formula is C18H17N7O2. The van der Waals surface area contributed by atoms with Crippen LogP contribution in [-0.2, 0) is 7.05 Å². The van der Waals surface area contributed by atoms with Gasteiger partial charge in [-0.15, -0.1) is 10.2 Å². The Labute approximate surface area is 153 Å². The van der Waals surface area contributed by atoms with E-state index >= 15 is 0 Å². The van der Waals surface area contributed by atoms with E-state index in [2.05, 4.69) is 25.7 Å². The lowest BCUT2D eigenvalue weighted by molar-refractivity contribution is 0.0928. The zero-order valence-electron chi connectivity index (χ0n) is 14.7. The van der Waals surface area contributed by atoms with Gasteiger partial charge in [-0.05, 0) is 29.8 Å². The number of carbonyl (C=O) groups excluding carboxylic acids is 1. The number of amides is 1. The highest BCUT2D eigenvalue weighted by Gasteiger charge is 2.18. The SMILES string of the molecule is CC(NC(=O)c1nn(C)c(=O)[nH]1)c1cn(-c2ccc3ccccc3c2)nn1. The number of benzene rings is 2. The Morgan fingerprint density at radius 3 is 2.70 bits per heavy atom. The number of H-pyrrole nitrogens is 1. The summed E-state index contributed by atoms with van der Waals surface area (Å²) >= 11 is 0. The normalized spacial score (nSPS) is 12.2. The second-order valence-corrected chi connectivity index (χ2v) is 6.22. The van der Waals surface area contributed by atoms with E-state index in [0.717, 1.165) is 21.1 Å². The Hall–Kier alpha value is -3.75. The maximum atomic E-state index is 12.2. The Bertz CT molecular complexity index is 1190. The van der Waals surface area contributed by atoms with Crippen LogP contribution in [0.3, 0.4) is 0 Å². The first kappa shape index (κ1) is 16.7. The summed E-state index contributed by atoms with van der Waals surface area (Å²) in [4.78, 5) is 26.0. The Kier molecular flexibility index (Phi) is 4.03. The number of fused-ring (bicyclic) bond motifs is 1. The van der Waals surface area contributed by atoms with Gasteiger partial charge < -0.3 is 5.32 Å². The van der Waals surface area contributed by atoms with Crippen molar-refractivity contribution in [1.82, 2.24) is 35.1 Å². The summed E-state index contributed by atoms with van der Waals surface area (Å²) in [5.41, 5.74) is 1.02. The fourth-order valence-corrected chi connectivity index (χ4v) is 2.76. The first-order valence-electron chi connectivity index (χ1n) is 8.37. The van der Waals surface area contributed by atoms with Crippen molar-refractivity contribution in [2.45, 2.75) is 13.0 Å². The fourth-order valence-electron chi connectivity index (χ4n) is 2.76. The van der Waals surface area contributed by atoms with Crippen molar-refractivity contribution in [1.29, 1.82) is 0 Å². The van der Waals surface area contributed by atoms with Crippen LogP contribution < -0.4 is 11.0 Å². The van der Waals surface area contributed by atoms with Gasteiger partial charge in [0.15, 0.2) is 0 Å². The van der Waals surface area contributed by atoms with Gasteiger partial charge in [0.05, 0.1) is 17.9 Å². The number of hydrogen-bond donors (Lipinski definition) is 2. The number of rotatable bonds is 4. The van der Waals surface area contributed by atoms with Gasteiger partial charge in [-0.2, -0.15) is 0 Å². The molecule has 1 amide bonds. The summed E-state index contributed by atoms with van der Waals surface area (Å²) in [6.45, 7) is 1.79. The largest absolute Gasteiger partial charge is 0.343 e. The summed E-state index contributed by atoms with van der Waals surface area (Å²) in [6, 6.07) is 13.7. The van der Waals surface area contributed by atoms with Crippen molar-refractivity contribution in [3.05, 3.63) is 70.7 Å². The molecule has 0 fully saturated rings. The molecule has 9 nitrogen and oxygen atoms in total. The molecule has 2 aromatic carbocycles. The summed E-state index contributed by atoms with van der Waals surface area (Å²) in [6.07, 6.45) is 1.76. The Morgan fingerprint density at radius 1 is 1.19 bits per heavy atom. The lowest BCUT2D eigenvalue weighted by Gasteiger charge is -2.09. The summed E-state index contributed by atoms with van der Waals surface area (Å²) < 4.78 is 2.72. The highest BCUT2D eigenvalue weighted by Crippen LogP contribution is 2.19. The molecule has 0 aliphatic heterocycles. The molecule has 0 bridgehead atoms. The Morgan fingerprint density at radius 2 is 1.96 bits per heavy atom. The van der Waals surface area contributed by atoms with Crippen molar-refractivity contribution < 1.29 is 4.79 Å². The Balaban J connectivity index is 1.54. The third-order valence-corrected chi connectivity index (χ3v) is 4.28. The van der Waals surface area contributed by atoms with E-state index in [0.29, 0.717) is 5.69 Å². The van der Waals surface area contributed by atoms with Crippen molar-refractivity contribution >= 4 is 16.7 Å². The highest BCUT2D eigenvalue weighted by molar-refractivity contribution is 5.90. The molecule has 4 aromatic rings. The molecule has 1 unspecified atom stereocenters. The average Bonchev–Trinajstić information content (AvgIpc) is 3.29. The number of carbonyl (C=O) groups is 1. The molecule has 4 rings (SSSR count). The maximum absolute atomic E-state index is 12.2. The van der Waals surface area contributed by atoms with Gasteiger partial charge in [0, 0.05) is 7.05 Å². The molecule has 2 N–H and O–H groups in total. The second-order valence-electron chi connectivity index (χ2n) is 6.22. The van der Waals surface area contributed by atoms with Crippen molar-refractivity contribution in [3.8, 4) is 5.69 Å². The predicted molar refractivity (Wildman–Crippen MR) is 98.6 cm³/mol. The molecule has 0 aliphatic carbocycles. The minimum atomic E-state index is -0.486. The quantitative estimate of drug-likeness (QED) is 0.568. The second kappa shape index (κ2) is 6.52. The van der Waals surface area contributed by atoms with Gasteiger partial charge in [-0.1, -0.05) is 35.5 Å². The van der Waals surface area contributed by atoms with E-state index in [1.54, 1.807) is 17.8 Å². The topological polar surface area (TPSA) is 110 Å². The molecule has 0 spiro atoms. The monoisotopic (exact) mass is 363 g/mol. The van der Waals surface area contributed by atoms with Gasteiger partial charge >= 0.3 is 5.69 Å². The van der Waals surface area contributed by atoms with Crippen LogP contribution in [0.1, 0.15) is 29.3 Å². The third-order valence-electron chi connectivity index (χ3n) is 4.28. The standard InChI is InChI=1S/C18H17N7O2/c1-11(19-17(26)16-20-18(27)24(2)22-16)15-10-25(23-21-15)14-8-7-12-5-3-4-6-13(12)9-14/h3-11H,1-2H3,(H,19,26)(H,20,22,27). The van der Waals surface area contributed by atoms with E-state index in [9.17, 15) is 9.59 Å². The van der Waals surface area contributed by atoms with Gasteiger partial charge in [-0.25, -0.2) is 14.2 Å². The molecule has 0 saturated heterocycles. The number of nitrogens with zero attached hydrogens (tertiary/aromatic N) is 5. The summed E-state index contributed by atoms with van der Waals surface area (Å²) in [5, 5.41) is 17.1. The molecule has 2 aromatic heterocycles. The molecule has 9 heteroatoms. The molecule has 2 heterocycles. The van der Waals surface area contributed by atoms with Gasteiger partial charge in [-0.3, -0.25) is 9.78 Å². The number of aromatic amines is 1. The summed E-state index contributed by atoms with van der Waals surface area (Å²) in [5.74, 6) is -0.531. The fraction of sp³-hybridized carbons (Fsp3) is 0.167. The summed E-state index contributed by atoms with van der Waals surface area (Å²) in [7, 11) is 1.47. The number of hydrogen-bond acceptors (Lipinski definition) is 5.